The van der Waals surface area contributed by atoms with Gasteiger partial charge in [-0.15, -0.1) is 0 Å². The van der Waals surface area contributed by atoms with Gasteiger partial charge in [0.05, 0.1) is 9.50 Å². The largest absolute Gasteiger partial charge is 0.438 e. The van der Waals surface area contributed by atoms with E-state index >= 15 is 0 Å². The Morgan fingerprint density at radius 2 is 2.16 bits per heavy atom. The first kappa shape index (κ1) is 14.2. The Morgan fingerprint density at radius 3 is 2.84 bits per heavy atom. The van der Waals surface area contributed by atoms with Gasteiger partial charge < -0.3 is 10.5 Å². The van der Waals surface area contributed by atoms with Crippen LogP contribution < -0.4 is 10.5 Å². The Balaban J connectivity index is 2.31. The van der Waals surface area contributed by atoms with E-state index in [9.17, 15) is 4.39 Å². The molecule has 2 aromatic rings. The predicted octanol–water partition coefficient (Wildman–Crippen LogP) is 4.45. The molecule has 0 aliphatic heterocycles. The van der Waals surface area contributed by atoms with E-state index in [0.717, 1.165) is 5.56 Å². The van der Waals surface area contributed by atoms with E-state index in [0.29, 0.717) is 16.1 Å². The summed E-state index contributed by atoms with van der Waals surface area (Å²) in [6.45, 7) is 1.86. The highest BCUT2D eigenvalue weighted by Gasteiger charge is 2.10. The zero-order valence-corrected chi connectivity index (χ0v) is 12.4. The Labute approximate surface area is 123 Å². The molecule has 1 atom stereocenters. The fraction of sp³-hybridized carbons (Fsp3) is 0.154. The normalized spacial score (nSPS) is 12.3. The average molecular weight is 346 g/mol. The maximum absolute atomic E-state index is 13.4. The first-order chi connectivity index (χ1) is 8.97. The van der Waals surface area contributed by atoms with Crippen molar-refractivity contribution in [1.82, 2.24) is 4.98 Å². The topological polar surface area (TPSA) is 48.1 Å². The summed E-state index contributed by atoms with van der Waals surface area (Å²) >= 11 is 8.92. The lowest BCUT2D eigenvalue weighted by Gasteiger charge is -2.10. The van der Waals surface area contributed by atoms with Crippen molar-refractivity contribution in [2.45, 2.75) is 13.0 Å². The highest BCUT2D eigenvalue weighted by atomic mass is 79.9. The number of rotatable bonds is 3. The van der Waals surface area contributed by atoms with Gasteiger partial charge in [0.2, 0.25) is 5.88 Å². The smallest absolute Gasteiger partial charge is 0.219 e. The molecule has 100 valence electrons. The van der Waals surface area contributed by atoms with E-state index in [2.05, 4.69) is 20.9 Å². The van der Waals surface area contributed by atoms with Crippen molar-refractivity contribution in [3.8, 4) is 11.6 Å². The summed E-state index contributed by atoms with van der Waals surface area (Å²) in [7, 11) is 0. The second-order valence-electron chi connectivity index (χ2n) is 4.01. The van der Waals surface area contributed by atoms with Crippen LogP contribution in [0.5, 0.6) is 11.6 Å². The van der Waals surface area contributed by atoms with Crippen LogP contribution in [0.4, 0.5) is 4.39 Å². The Morgan fingerprint density at radius 1 is 1.42 bits per heavy atom. The van der Waals surface area contributed by atoms with Crippen molar-refractivity contribution in [2.75, 3.05) is 0 Å². The Bertz CT molecular complexity index is 607. The third-order valence-corrected chi connectivity index (χ3v) is 3.38. The summed E-state index contributed by atoms with van der Waals surface area (Å²) in [6, 6.07) is 6.02. The van der Waals surface area contributed by atoms with Crippen molar-refractivity contribution in [1.29, 1.82) is 0 Å². The number of hydrogen-bond donors (Lipinski definition) is 1. The summed E-state index contributed by atoms with van der Waals surface area (Å²) in [6.07, 6.45) is 1.59. The molecule has 0 fully saturated rings. The number of halogens is 3. The van der Waals surface area contributed by atoms with Crippen molar-refractivity contribution in [3.63, 3.8) is 0 Å². The fourth-order valence-electron chi connectivity index (χ4n) is 1.46. The molecule has 0 unspecified atom stereocenters. The van der Waals surface area contributed by atoms with Crippen LogP contribution in [-0.2, 0) is 0 Å². The average Bonchev–Trinajstić information content (AvgIpc) is 2.36. The number of nitrogens with zero attached hydrogens (tertiary/aromatic N) is 1. The van der Waals surface area contributed by atoms with Gasteiger partial charge in [-0.3, -0.25) is 0 Å². The van der Waals surface area contributed by atoms with Crippen LogP contribution in [0.3, 0.4) is 0 Å². The second-order valence-corrected chi connectivity index (χ2v) is 5.28. The summed E-state index contributed by atoms with van der Waals surface area (Å²) in [5.41, 5.74) is 6.66. The van der Waals surface area contributed by atoms with Crippen LogP contribution >= 0.6 is 27.5 Å². The van der Waals surface area contributed by atoms with Crippen molar-refractivity contribution >= 4 is 27.5 Å². The lowest BCUT2D eigenvalue weighted by atomic mass is 10.1. The monoisotopic (exact) mass is 344 g/mol. The van der Waals surface area contributed by atoms with E-state index < -0.39 is 5.82 Å². The quantitative estimate of drug-likeness (QED) is 0.836. The number of nitrogens with two attached hydrogens (primary N) is 1. The van der Waals surface area contributed by atoms with Gasteiger partial charge >= 0.3 is 0 Å². The van der Waals surface area contributed by atoms with Gasteiger partial charge in [0.25, 0.3) is 0 Å². The minimum Gasteiger partial charge on any atom is -0.438 e. The lowest BCUT2D eigenvalue weighted by molar-refractivity contribution is 0.454. The molecule has 1 heterocycles. The van der Waals surface area contributed by atoms with Crippen LogP contribution in [0.25, 0.3) is 0 Å². The van der Waals surface area contributed by atoms with Gasteiger partial charge in [-0.2, -0.15) is 0 Å². The lowest BCUT2D eigenvalue weighted by Crippen LogP contribution is -2.05. The molecular formula is C13H11BrClFN2O. The van der Waals surface area contributed by atoms with Crippen LogP contribution in [0.2, 0.25) is 5.02 Å². The highest BCUT2D eigenvalue weighted by Crippen LogP contribution is 2.33. The number of aromatic nitrogens is 1. The SMILES string of the molecule is C[C@H](N)c1ccnc(Oc2cc(F)c(Cl)cc2Br)c1. The Hall–Kier alpha value is -1.17. The molecule has 0 saturated heterocycles. The molecular weight excluding hydrogens is 335 g/mol. The summed E-state index contributed by atoms with van der Waals surface area (Å²) in [4.78, 5) is 4.06. The molecule has 0 aliphatic rings. The van der Waals surface area contributed by atoms with Crippen LogP contribution in [-0.4, -0.2) is 4.98 Å². The molecule has 1 aromatic heterocycles. The van der Waals surface area contributed by atoms with Gasteiger partial charge in [-0.1, -0.05) is 11.6 Å². The van der Waals surface area contributed by atoms with E-state index in [1.165, 1.54) is 12.1 Å². The molecule has 0 spiro atoms. The molecule has 1 aromatic carbocycles. The highest BCUT2D eigenvalue weighted by molar-refractivity contribution is 9.10. The van der Waals surface area contributed by atoms with Gasteiger partial charge in [0, 0.05) is 24.4 Å². The molecule has 6 heteroatoms. The Kier molecular flexibility index (Phi) is 4.39. The van der Waals surface area contributed by atoms with E-state index in [-0.39, 0.29) is 11.1 Å². The molecule has 2 N–H and O–H groups in total. The van der Waals surface area contributed by atoms with Crippen LogP contribution in [0.15, 0.2) is 34.9 Å². The first-order valence-electron chi connectivity index (χ1n) is 5.51. The zero-order chi connectivity index (χ0) is 14.0. The summed E-state index contributed by atoms with van der Waals surface area (Å²) in [5.74, 6) is 0.0941. The summed E-state index contributed by atoms with van der Waals surface area (Å²) in [5, 5.41) is 0.0246. The molecule has 0 radical (unpaired) electrons. The molecule has 0 amide bonds. The van der Waals surface area contributed by atoms with Crippen molar-refractivity contribution in [3.05, 3.63) is 51.3 Å². The maximum Gasteiger partial charge on any atom is 0.219 e. The minimum absolute atomic E-state index is 0.0246. The first-order valence-corrected chi connectivity index (χ1v) is 6.68. The standard InChI is InChI=1S/C13H11BrClFN2O/c1-7(17)8-2-3-18-13(4-8)19-12-6-11(16)10(15)5-9(12)14/h2-7H,17H2,1H3/t7-/m0/s1. The molecule has 0 saturated carbocycles. The third kappa shape index (κ3) is 3.43. The van der Waals surface area contributed by atoms with Crippen LogP contribution in [0.1, 0.15) is 18.5 Å². The van der Waals surface area contributed by atoms with Gasteiger partial charge in [0.1, 0.15) is 11.6 Å². The van der Waals surface area contributed by atoms with Gasteiger partial charge in [0.15, 0.2) is 0 Å². The molecule has 19 heavy (non-hydrogen) atoms. The van der Waals surface area contributed by atoms with Gasteiger partial charge in [-0.25, -0.2) is 9.37 Å². The predicted molar refractivity (Wildman–Crippen MR) is 76.0 cm³/mol. The molecule has 0 aliphatic carbocycles. The zero-order valence-electron chi connectivity index (χ0n) is 10.0. The number of hydrogen-bond acceptors (Lipinski definition) is 3. The van der Waals surface area contributed by atoms with Gasteiger partial charge in [-0.05, 0) is 40.5 Å². The third-order valence-electron chi connectivity index (χ3n) is 2.47. The second kappa shape index (κ2) is 5.86. The maximum atomic E-state index is 13.4. The van der Waals surface area contributed by atoms with Crippen molar-refractivity contribution in [2.24, 2.45) is 5.73 Å². The molecule has 2 rings (SSSR count). The van der Waals surface area contributed by atoms with E-state index in [1.807, 2.05) is 6.92 Å². The van der Waals surface area contributed by atoms with E-state index in [1.54, 1.807) is 18.3 Å². The summed E-state index contributed by atoms with van der Waals surface area (Å²) < 4.78 is 19.5. The van der Waals surface area contributed by atoms with Crippen molar-refractivity contribution < 1.29 is 9.13 Å². The van der Waals surface area contributed by atoms with E-state index in [4.69, 9.17) is 22.1 Å². The number of benzene rings is 1. The number of pyridine rings is 1. The fourth-order valence-corrected chi connectivity index (χ4v) is 2.18. The van der Waals surface area contributed by atoms with Crippen LogP contribution in [0, 0.1) is 5.82 Å². The number of ether oxygens (including phenoxy) is 1. The minimum atomic E-state index is -0.553. The molecule has 3 nitrogen and oxygen atoms in total. The molecule has 0 bridgehead atoms.